The Morgan fingerprint density at radius 3 is 2.96 bits per heavy atom. The summed E-state index contributed by atoms with van der Waals surface area (Å²) in [6.45, 7) is 2.63. The Bertz CT molecular complexity index is 691. The number of anilines is 1. The van der Waals surface area contributed by atoms with Crippen LogP contribution in [0.2, 0.25) is 0 Å². The number of aromatic nitrogens is 2. The number of hydrogen-bond acceptors (Lipinski definition) is 4. The summed E-state index contributed by atoms with van der Waals surface area (Å²) in [5.74, 6) is 1.28. The van der Waals surface area contributed by atoms with Crippen molar-refractivity contribution in [2.75, 3.05) is 11.9 Å². The van der Waals surface area contributed by atoms with Gasteiger partial charge in [0.25, 0.3) is 5.91 Å². The van der Waals surface area contributed by atoms with E-state index in [0.29, 0.717) is 36.9 Å². The molecule has 0 bridgehead atoms. The van der Waals surface area contributed by atoms with Gasteiger partial charge in [-0.25, -0.2) is 4.68 Å². The van der Waals surface area contributed by atoms with E-state index in [1.54, 1.807) is 12.3 Å². The highest BCUT2D eigenvalue weighted by Gasteiger charge is 2.30. The Kier molecular flexibility index (Phi) is 5.30. The molecule has 2 amide bonds. The molecule has 3 rings (SSSR count). The van der Waals surface area contributed by atoms with Gasteiger partial charge in [0.15, 0.2) is 0 Å². The largest absolute Gasteiger partial charge is 0.352 e. The first kappa shape index (κ1) is 16.7. The lowest BCUT2D eigenvalue weighted by Gasteiger charge is -2.15. The topological polar surface area (TPSA) is 76.0 Å². The number of carbonyl (C=O) groups is 2. The molecule has 0 aliphatic heterocycles. The quantitative estimate of drug-likeness (QED) is 0.721. The lowest BCUT2D eigenvalue weighted by atomic mass is 10.2. The second-order valence-electron chi connectivity index (χ2n) is 6.16. The Hall–Kier alpha value is -2.15. The molecule has 2 N–H and O–H groups in total. The maximum atomic E-state index is 12.1. The van der Waals surface area contributed by atoms with Crippen LogP contribution in [0.15, 0.2) is 29.1 Å². The van der Waals surface area contributed by atoms with Crippen molar-refractivity contribution < 1.29 is 9.59 Å². The second kappa shape index (κ2) is 7.61. The van der Waals surface area contributed by atoms with Gasteiger partial charge in [-0.15, -0.1) is 0 Å². The summed E-state index contributed by atoms with van der Waals surface area (Å²) in [7, 11) is 0. The van der Waals surface area contributed by atoms with Crippen molar-refractivity contribution in [3.63, 3.8) is 0 Å². The lowest BCUT2D eigenvalue weighted by Crippen LogP contribution is -2.25. The van der Waals surface area contributed by atoms with Gasteiger partial charge in [-0.2, -0.15) is 16.4 Å². The zero-order valence-corrected chi connectivity index (χ0v) is 14.5. The molecule has 1 fully saturated rings. The fraction of sp³-hybridized carbons (Fsp3) is 0.471. The van der Waals surface area contributed by atoms with Gasteiger partial charge in [0.1, 0.15) is 5.82 Å². The van der Waals surface area contributed by atoms with E-state index in [1.807, 2.05) is 21.5 Å². The van der Waals surface area contributed by atoms with Crippen molar-refractivity contribution >= 4 is 29.0 Å². The summed E-state index contributed by atoms with van der Waals surface area (Å²) in [6, 6.07) is 3.93. The Morgan fingerprint density at radius 1 is 1.42 bits per heavy atom. The Balaban J connectivity index is 1.40. The number of amides is 2. The van der Waals surface area contributed by atoms with Crippen molar-refractivity contribution in [2.45, 2.75) is 38.6 Å². The van der Waals surface area contributed by atoms with E-state index >= 15 is 0 Å². The highest BCUT2D eigenvalue weighted by Crippen LogP contribution is 2.40. The summed E-state index contributed by atoms with van der Waals surface area (Å²) in [5, 5.41) is 13.7. The fourth-order valence-corrected chi connectivity index (χ4v) is 3.30. The maximum absolute atomic E-state index is 12.1. The number of hydrogen-bond donors (Lipinski definition) is 2. The number of nitrogens with zero attached hydrogens (tertiary/aromatic N) is 2. The van der Waals surface area contributed by atoms with Crippen molar-refractivity contribution in [1.29, 1.82) is 0 Å². The minimum absolute atomic E-state index is 0.0514. The van der Waals surface area contributed by atoms with Crippen LogP contribution in [0.5, 0.6) is 0 Å². The van der Waals surface area contributed by atoms with E-state index in [-0.39, 0.29) is 11.8 Å². The van der Waals surface area contributed by atoms with Crippen LogP contribution in [-0.4, -0.2) is 28.1 Å². The van der Waals surface area contributed by atoms with Crippen molar-refractivity contribution in [2.24, 2.45) is 5.92 Å². The molecule has 1 aliphatic carbocycles. The van der Waals surface area contributed by atoms with E-state index < -0.39 is 0 Å². The van der Waals surface area contributed by atoms with E-state index in [4.69, 9.17) is 0 Å². The second-order valence-corrected chi connectivity index (χ2v) is 6.94. The van der Waals surface area contributed by atoms with Gasteiger partial charge in [0.2, 0.25) is 5.91 Å². The van der Waals surface area contributed by atoms with Crippen LogP contribution in [0, 0.1) is 5.92 Å². The molecule has 128 valence electrons. The first-order valence-electron chi connectivity index (χ1n) is 8.29. The number of rotatable bonds is 8. The minimum atomic E-state index is -0.0898. The van der Waals surface area contributed by atoms with Crippen molar-refractivity contribution in [1.82, 2.24) is 15.1 Å². The van der Waals surface area contributed by atoms with Crippen LogP contribution in [0.25, 0.3) is 0 Å². The van der Waals surface area contributed by atoms with Crippen LogP contribution in [0.1, 0.15) is 49.0 Å². The SMILES string of the molecule is CC(C1CC1)n1nccc1NC(=O)CCCNC(=O)c1ccsc1. The smallest absolute Gasteiger partial charge is 0.252 e. The molecule has 2 aromatic rings. The van der Waals surface area contributed by atoms with Gasteiger partial charge in [0, 0.05) is 30.0 Å². The number of nitrogens with one attached hydrogen (secondary N) is 2. The third kappa shape index (κ3) is 4.23. The Morgan fingerprint density at radius 2 is 2.25 bits per heavy atom. The molecule has 0 spiro atoms. The highest BCUT2D eigenvalue weighted by atomic mass is 32.1. The molecule has 2 heterocycles. The van der Waals surface area contributed by atoms with Gasteiger partial charge in [-0.1, -0.05) is 0 Å². The normalized spacial score (nSPS) is 15.0. The summed E-state index contributed by atoms with van der Waals surface area (Å²) >= 11 is 1.49. The third-order valence-corrected chi connectivity index (χ3v) is 4.96. The molecule has 6 nitrogen and oxygen atoms in total. The highest BCUT2D eigenvalue weighted by molar-refractivity contribution is 7.08. The molecule has 2 aromatic heterocycles. The predicted octanol–water partition coefficient (Wildman–Crippen LogP) is 3.06. The van der Waals surface area contributed by atoms with Gasteiger partial charge in [-0.3, -0.25) is 9.59 Å². The van der Waals surface area contributed by atoms with E-state index in [1.165, 1.54) is 24.2 Å². The first-order chi connectivity index (χ1) is 11.6. The van der Waals surface area contributed by atoms with Crippen LogP contribution >= 0.6 is 11.3 Å². The van der Waals surface area contributed by atoms with Crippen LogP contribution < -0.4 is 10.6 Å². The monoisotopic (exact) mass is 346 g/mol. The molecule has 0 aromatic carbocycles. The summed E-state index contributed by atoms with van der Waals surface area (Å²) < 4.78 is 1.90. The minimum Gasteiger partial charge on any atom is -0.352 e. The summed E-state index contributed by atoms with van der Waals surface area (Å²) in [4.78, 5) is 23.9. The molecule has 1 aliphatic rings. The standard InChI is InChI=1S/C17H22N4O2S/c1-12(13-4-5-13)21-15(6-9-19-21)20-16(22)3-2-8-18-17(23)14-7-10-24-11-14/h6-7,9-13H,2-5,8H2,1H3,(H,18,23)(H,20,22). The van der Waals surface area contributed by atoms with Crippen molar-refractivity contribution in [3.8, 4) is 0 Å². The molecule has 1 atom stereocenters. The molecular weight excluding hydrogens is 324 g/mol. The first-order valence-corrected chi connectivity index (χ1v) is 9.23. The van der Waals surface area contributed by atoms with Gasteiger partial charge >= 0.3 is 0 Å². The van der Waals surface area contributed by atoms with Crippen LogP contribution in [-0.2, 0) is 4.79 Å². The Labute approximate surface area is 145 Å². The van der Waals surface area contributed by atoms with Crippen LogP contribution in [0.3, 0.4) is 0 Å². The predicted molar refractivity (Wildman–Crippen MR) is 94.2 cm³/mol. The van der Waals surface area contributed by atoms with Crippen molar-refractivity contribution in [3.05, 3.63) is 34.7 Å². The molecule has 24 heavy (non-hydrogen) atoms. The third-order valence-electron chi connectivity index (χ3n) is 4.28. The maximum Gasteiger partial charge on any atom is 0.252 e. The average Bonchev–Trinajstić information content (AvgIpc) is 3.08. The zero-order valence-electron chi connectivity index (χ0n) is 13.7. The van der Waals surface area contributed by atoms with Crippen LogP contribution in [0.4, 0.5) is 5.82 Å². The number of carbonyl (C=O) groups excluding carboxylic acids is 2. The lowest BCUT2D eigenvalue weighted by molar-refractivity contribution is -0.116. The van der Waals surface area contributed by atoms with Gasteiger partial charge < -0.3 is 10.6 Å². The average molecular weight is 346 g/mol. The van der Waals surface area contributed by atoms with Gasteiger partial charge in [0.05, 0.1) is 12.2 Å². The summed E-state index contributed by atoms with van der Waals surface area (Å²) in [5.41, 5.74) is 0.669. The molecular formula is C17H22N4O2S. The fourth-order valence-electron chi connectivity index (χ4n) is 2.67. The summed E-state index contributed by atoms with van der Waals surface area (Å²) in [6.07, 6.45) is 5.16. The van der Waals surface area contributed by atoms with E-state index in [0.717, 1.165) is 5.82 Å². The number of thiophene rings is 1. The molecule has 1 unspecified atom stereocenters. The van der Waals surface area contributed by atoms with E-state index in [2.05, 4.69) is 22.7 Å². The zero-order chi connectivity index (χ0) is 16.9. The van der Waals surface area contributed by atoms with Gasteiger partial charge in [-0.05, 0) is 43.6 Å². The molecule has 7 heteroatoms. The molecule has 0 saturated heterocycles. The van der Waals surface area contributed by atoms with E-state index in [9.17, 15) is 9.59 Å². The molecule has 0 radical (unpaired) electrons. The molecule has 1 saturated carbocycles.